The van der Waals surface area contributed by atoms with Gasteiger partial charge in [0, 0.05) is 31.4 Å². The van der Waals surface area contributed by atoms with E-state index in [0.717, 1.165) is 53.6 Å². The van der Waals surface area contributed by atoms with Gasteiger partial charge in [0.2, 0.25) is 5.96 Å². The quantitative estimate of drug-likeness (QED) is 0.510. The van der Waals surface area contributed by atoms with Gasteiger partial charge >= 0.3 is 0 Å². The van der Waals surface area contributed by atoms with E-state index in [-0.39, 0.29) is 5.41 Å². The number of hydrogen-bond acceptors (Lipinski definition) is 5. The molecule has 22 heavy (non-hydrogen) atoms. The number of ether oxygens (including phenoxy) is 1. The number of aliphatic imine (C=N–C) groups is 1. The van der Waals surface area contributed by atoms with Gasteiger partial charge in [0.15, 0.2) is 0 Å². The average molecular weight is 359 g/mol. The molecule has 1 N–H and O–H groups in total. The third-order valence-electron chi connectivity index (χ3n) is 3.77. The molecule has 5 nitrogen and oxygen atoms in total. The maximum atomic E-state index is 5.96. The Labute approximate surface area is 143 Å². The van der Waals surface area contributed by atoms with E-state index < -0.39 is 0 Å². The molecule has 0 saturated carbocycles. The molecule has 0 radical (unpaired) electrons. The molecule has 1 saturated heterocycles. The summed E-state index contributed by atoms with van der Waals surface area (Å²) in [6, 6.07) is 3.90. The molecule has 1 aromatic rings. The Balaban J connectivity index is 1.62. The van der Waals surface area contributed by atoms with Crippen LogP contribution < -0.4 is 4.72 Å². The molecular weight excluding hydrogens is 340 g/mol. The van der Waals surface area contributed by atoms with Gasteiger partial charge in [-0.05, 0) is 43.8 Å². The van der Waals surface area contributed by atoms with E-state index in [9.17, 15) is 0 Å². The fraction of sp³-hybridized carbons (Fsp3) is 0.571. The molecule has 3 heterocycles. The summed E-state index contributed by atoms with van der Waals surface area (Å²) in [4.78, 5) is 4.54. The van der Waals surface area contributed by atoms with Gasteiger partial charge in [0.1, 0.15) is 0 Å². The average Bonchev–Trinajstić information content (AvgIpc) is 3.11. The highest BCUT2D eigenvalue weighted by atomic mass is 35.5. The Morgan fingerprint density at radius 1 is 1.55 bits per heavy atom. The van der Waals surface area contributed by atoms with Crippen molar-refractivity contribution >= 4 is 47.1 Å². The highest BCUT2D eigenvalue weighted by molar-refractivity contribution is 7.99. The highest BCUT2D eigenvalue weighted by Gasteiger charge is 2.38. The Morgan fingerprint density at radius 2 is 2.36 bits per heavy atom. The number of rotatable bonds is 3. The van der Waals surface area contributed by atoms with E-state index in [4.69, 9.17) is 16.3 Å². The van der Waals surface area contributed by atoms with Gasteiger partial charge in [0.25, 0.3) is 0 Å². The van der Waals surface area contributed by atoms with E-state index >= 15 is 0 Å². The van der Waals surface area contributed by atoms with Crippen LogP contribution in [-0.2, 0) is 4.74 Å². The first-order chi connectivity index (χ1) is 10.7. The molecule has 1 aromatic heterocycles. The topological polar surface area (TPSA) is 49.2 Å². The number of hydrogen-bond donors (Lipinski definition) is 1. The smallest absolute Gasteiger partial charge is 0.225 e. The van der Waals surface area contributed by atoms with Crippen LogP contribution in [0.15, 0.2) is 26.4 Å². The molecule has 0 bridgehead atoms. The Kier molecular flexibility index (Phi) is 5.28. The summed E-state index contributed by atoms with van der Waals surface area (Å²) < 4.78 is 10.7. The summed E-state index contributed by atoms with van der Waals surface area (Å²) in [6.45, 7) is 5.24. The summed E-state index contributed by atoms with van der Waals surface area (Å²) in [6.07, 6.45) is 4.13. The first kappa shape index (κ1) is 16.1. The van der Waals surface area contributed by atoms with Crippen molar-refractivity contribution < 1.29 is 4.74 Å². The lowest BCUT2D eigenvalue weighted by Crippen LogP contribution is -2.40. The van der Waals surface area contributed by atoms with E-state index in [1.165, 1.54) is 11.9 Å². The minimum atomic E-state index is 0.144. The molecule has 1 spiro atoms. The maximum absolute atomic E-state index is 5.96. The van der Waals surface area contributed by atoms with Gasteiger partial charge in [0.05, 0.1) is 15.1 Å². The third kappa shape index (κ3) is 3.76. The minimum Gasteiger partial charge on any atom is -0.381 e. The number of thiophene rings is 1. The number of hydrazone groups is 1. The van der Waals surface area contributed by atoms with Gasteiger partial charge in [-0.15, -0.1) is 11.3 Å². The fourth-order valence-electron chi connectivity index (χ4n) is 2.53. The normalized spacial score (nSPS) is 20.8. The fourth-order valence-corrected chi connectivity index (χ4v) is 4.50. The van der Waals surface area contributed by atoms with Crippen LogP contribution in [0.1, 0.15) is 19.8 Å². The van der Waals surface area contributed by atoms with Crippen LogP contribution in [0.4, 0.5) is 0 Å². The largest absolute Gasteiger partial charge is 0.381 e. The Bertz CT molecular complexity index is 569. The minimum absolute atomic E-state index is 0.144. The molecule has 8 heteroatoms. The lowest BCUT2D eigenvalue weighted by atomic mass is 9.82. The van der Waals surface area contributed by atoms with Crippen molar-refractivity contribution in [2.24, 2.45) is 15.5 Å². The highest BCUT2D eigenvalue weighted by Crippen LogP contribution is 2.34. The zero-order chi connectivity index (χ0) is 15.4. The zero-order valence-corrected chi connectivity index (χ0v) is 14.8. The molecule has 0 atom stereocenters. The molecular formula is C14H19ClN4OS2. The molecule has 0 aromatic carbocycles. The molecule has 3 rings (SSSR count). The first-order valence-electron chi connectivity index (χ1n) is 7.34. The lowest BCUT2D eigenvalue weighted by molar-refractivity contribution is 0.0453. The summed E-state index contributed by atoms with van der Waals surface area (Å²) in [5, 5.41) is 6.54. The van der Waals surface area contributed by atoms with Crippen LogP contribution in [-0.4, -0.2) is 43.5 Å². The number of nitrogens with zero attached hydrogens (tertiary/aromatic N) is 3. The van der Waals surface area contributed by atoms with Crippen LogP contribution in [0, 0.1) is 5.41 Å². The number of nitrogens with one attached hydrogen (secondary N) is 1. The van der Waals surface area contributed by atoms with Gasteiger partial charge in [-0.3, -0.25) is 9.71 Å². The lowest BCUT2D eigenvalue weighted by Gasteiger charge is -2.31. The SMILES string of the molecule is CCN=C(NSc1ccc(Cl)s1)N1CC2(C=N1)CCOCC2. The number of guanidine groups is 1. The van der Waals surface area contributed by atoms with E-state index in [0.29, 0.717) is 0 Å². The molecule has 0 amide bonds. The second-order valence-corrected chi connectivity index (χ2v) is 8.16. The van der Waals surface area contributed by atoms with Gasteiger partial charge in [-0.2, -0.15) is 5.10 Å². The van der Waals surface area contributed by atoms with Crippen molar-refractivity contribution in [2.75, 3.05) is 26.3 Å². The molecule has 2 aliphatic rings. The van der Waals surface area contributed by atoms with E-state index in [2.05, 4.69) is 21.0 Å². The maximum Gasteiger partial charge on any atom is 0.225 e. The molecule has 0 aliphatic carbocycles. The van der Waals surface area contributed by atoms with E-state index in [1.807, 2.05) is 24.1 Å². The summed E-state index contributed by atoms with van der Waals surface area (Å²) in [7, 11) is 0. The van der Waals surface area contributed by atoms with Crippen molar-refractivity contribution in [1.82, 2.24) is 9.73 Å². The molecule has 120 valence electrons. The van der Waals surface area contributed by atoms with Crippen LogP contribution in [0.25, 0.3) is 0 Å². The Hall–Kier alpha value is -0.760. The van der Waals surface area contributed by atoms with Gasteiger partial charge in [-0.1, -0.05) is 11.6 Å². The van der Waals surface area contributed by atoms with Crippen LogP contribution in [0.2, 0.25) is 4.34 Å². The van der Waals surface area contributed by atoms with E-state index in [1.54, 1.807) is 11.3 Å². The summed E-state index contributed by atoms with van der Waals surface area (Å²) in [5.74, 6) is 0.802. The molecule has 2 aliphatic heterocycles. The van der Waals surface area contributed by atoms with Crippen molar-refractivity contribution in [3.05, 3.63) is 16.5 Å². The first-order valence-corrected chi connectivity index (χ1v) is 9.35. The predicted octanol–water partition coefficient (Wildman–Crippen LogP) is 3.47. The zero-order valence-electron chi connectivity index (χ0n) is 12.4. The molecule has 1 fully saturated rings. The van der Waals surface area contributed by atoms with Gasteiger partial charge in [-0.25, -0.2) is 5.01 Å². The third-order valence-corrected chi connectivity index (χ3v) is 5.92. The van der Waals surface area contributed by atoms with Crippen molar-refractivity contribution in [3.8, 4) is 0 Å². The van der Waals surface area contributed by atoms with Crippen molar-refractivity contribution in [1.29, 1.82) is 0 Å². The van der Waals surface area contributed by atoms with Crippen LogP contribution in [0.3, 0.4) is 0 Å². The van der Waals surface area contributed by atoms with Crippen LogP contribution >= 0.6 is 34.9 Å². The monoisotopic (exact) mass is 358 g/mol. The summed E-state index contributed by atoms with van der Waals surface area (Å²) >= 11 is 9.04. The standard InChI is InChI=1S/C14H19ClN4OS2/c1-2-16-13(18-22-12-4-3-11(15)21-12)19-10-14(9-17-19)5-7-20-8-6-14/h3-4,9H,2,5-8,10H2,1H3,(H,16,18). The predicted molar refractivity (Wildman–Crippen MR) is 94.0 cm³/mol. The van der Waals surface area contributed by atoms with Crippen molar-refractivity contribution in [2.45, 2.75) is 24.0 Å². The molecule has 0 unspecified atom stereocenters. The van der Waals surface area contributed by atoms with Crippen LogP contribution in [0.5, 0.6) is 0 Å². The second kappa shape index (κ2) is 7.21. The van der Waals surface area contributed by atoms with Crippen molar-refractivity contribution in [3.63, 3.8) is 0 Å². The second-order valence-electron chi connectivity index (χ2n) is 5.34. The number of halogens is 1. The van der Waals surface area contributed by atoms with Gasteiger partial charge < -0.3 is 4.74 Å². The Morgan fingerprint density at radius 3 is 3.05 bits per heavy atom. The summed E-state index contributed by atoms with van der Waals surface area (Å²) in [5.41, 5.74) is 0.144.